The standard InChI is InChI=1S/C24H33N3O5S/c1-18(23(29)25-24(2,3)4)26(16-19-12-14-21(32-5)15-13-19)22(28)17-27(33(6,30)31)20-10-8-7-9-11-20/h7-15,18H,16-17H2,1-6H3,(H,25,29). The molecule has 0 aromatic heterocycles. The summed E-state index contributed by atoms with van der Waals surface area (Å²) >= 11 is 0. The summed E-state index contributed by atoms with van der Waals surface area (Å²) in [6, 6.07) is 14.7. The summed E-state index contributed by atoms with van der Waals surface area (Å²) in [7, 11) is -2.17. The first-order chi connectivity index (χ1) is 15.3. The number of carbonyl (C=O) groups is 2. The van der Waals surface area contributed by atoms with Crippen molar-refractivity contribution < 1.29 is 22.7 Å². The number of nitrogens with zero attached hydrogens (tertiary/aromatic N) is 2. The molecule has 1 unspecified atom stereocenters. The first-order valence-corrected chi connectivity index (χ1v) is 12.4. The zero-order valence-corrected chi connectivity index (χ0v) is 20.8. The molecule has 0 spiro atoms. The van der Waals surface area contributed by atoms with Gasteiger partial charge in [0.15, 0.2) is 0 Å². The average Bonchev–Trinajstić information content (AvgIpc) is 2.74. The van der Waals surface area contributed by atoms with E-state index in [1.54, 1.807) is 68.6 Å². The van der Waals surface area contributed by atoms with Crippen LogP contribution in [0.1, 0.15) is 33.3 Å². The zero-order valence-electron chi connectivity index (χ0n) is 20.0. The van der Waals surface area contributed by atoms with Crippen LogP contribution in [0.3, 0.4) is 0 Å². The molecule has 180 valence electrons. The molecule has 2 rings (SSSR count). The molecule has 2 aromatic carbocycles. The Morgan fingerprint density at radius 3 is 2.09 bits per heavy atom. The number of hydrogen-bond donors (Lipinski definition) is 1. The second-order valence-electron chi connectivity index (χ2n) is 8.89. The highest BCUT2D eigenvalue weighted by Crippen LogP contribution is 2.19. The Labute approximate surface area is 196 Å². The lowest BCUT2D eigenvalue weighted by atomic mass is 10.1. The predicted octanol–water partition coefficient (Wildman–Crippen LogP) is 2.79. The molecular formula is C24H33N3O5S. The normalized spacial score (nSPS) is 12.5. The number of anilines is 1. The van der Waals surface area contributed by atoms with E-state index in [9.17, 15) is 18.0 Å². The van der Waals surface area contributed by atoms with E-state index in [4.69, 9.17) is 4.74 Å². The number of sulfonamides is 1. The first-order valence-electron chi connectivity index (χ1n) is 10.6. The van der Waals surface area contributed by atoms with Gasteiger partial charge in [-0.25, -0.2) is 8.42 Å². The molecule has 0 saturated heterocycles. The fourth-order valence-electron chi connectivity index (χ4n) is 3.19. The maximum Gasteiger partial charge on any atom is 0.244 e. The third-order valence-corrected chi connectivity index (χ3v) is 6.04. The van der Waals surface area contributed by atoms with Crippen molar-refractivity contribution in [1.29, 1.82) is 0 Å². The van der Waals surface area contributed by atoms with E-state index in [1.165, 1.54) is 4.90 Å². The quantitative estimate of drug-likeness (QED) is 0.602. The summed E-state index contributed by atoms with van der Waals surface area (Å²) in [4.78, 5) is 27.7. The summed E-state index contributed by atoms with van der Waals surface area (Å²) < 4.78 is 31.2. The van der Waals surface area contributed by atoms with Crippen molar-refractivity contribution in [1.82, 2.24) is 10.2 Å². The van der Waals surface area contributed by atoms with Gasteiger partial charge in [-0.05, 0) is 57.5 Å². The molecule has 0 saturated carbocycles. The van der Waals surface area contributed by atoms with Crippen LogP contribution in [0.5, 0.6) is 5.75 Å². The molecule has 33 heavy (non-hydrogen) atoms. The maximum absolute atomic E-state index is 13.4. The maximum atomic E-state index is 13.4. The Kier molecular flexibility index (Phi) is 8.49. The molecule has 0 radical (unpaired) electrons. The van der Waals surface area contributed by atoms with Crippen LogP contribution in [-0.4, -0.2) is 56.6 Å². The molecule has 0 aliphatic heterocycles. The van der Waals surface area contributed by atoms with Gasteiger partial charge >= 0.3 is 0 Å². The highest BCUT2D eigenvalue weighted by Gasteiger charge is 2.31. The molecule has 0 aliphatic rings. The lowest BCUT2D eigenvalue weighted by Gasteiger charge is -2.33. The number of hydrogen-bond acceptors (Lipinski definition) is 5. The smallest absolute Gasteiger partial charge is 0.244 e. The predicted molar refractivity (Wildman–Crippen MR) is 130 cm³/mol. The van der Waals surface area contributed by atoms with Crippen molar-refractivity contribution in [2.45, 2.75) is 45.8 Å². The van der Waals surface area contributed by atoms with Crippen molar-refractivity contribution in [2.75, 3.05) is 24.2 Å². The summed E-state index contributed by atoms with van der Waals surface area (Å²) in [6.45, 7) is 6.91. The Morgan fingerprint density at radius 1 is 1.03 bits per heavy atom. The van der Waals surface area contributed by atoms with Gasteiger partial charge in [0.25, 0.3) is 0 Å². The fourth-order valence-corrected chi connectivity index (χ4v) is 4.04. The highest BCUT2D eigenvalue weighted by molar-refractivity contribution is 7.92. The third-order valence-electron chi connectivity index (χ3n) is 4.90. The number of ether oxygens (including phenoxy) is 1. The van der Waals surface area contributed by atoms with Crippen LogP contribution in [0, 0.1) is 0 Å². The molecule has 9 heteroatoms. The van der Waals surface area contributed by atoms with Gasteiger partial charge in [0, 0.05) is 12.1 Å². The van der Waals surface area contributed by atoms with Gasteiger partial charge in [-0.1, -0.05) is 30.3 Å². The van der Waals surface area contributed by atoms with Crippen LogP contribution in [0.25, 0.3) is 0 Å². The van der Waals surface area contributed by atoms with Crippen molar-refractivity contribution >= 4 is 27.5 Å². The molecule has 1 atom stereocenters. The molecule has 2 aromatic rings. The van der Waals surface area contributed by atoms with Crippen LogP contribution in [0.4, 0.5) is 5.69 Å². The van der Waals surface area contributed by atoms with E-state index in [2.05, 4.69) is 5.32 Å². The Balaban J connectivity index is 2.37. The summed E-state index contributed by atoms with van der Waals surface area (Å²) in [5.74, 6) is -0.144. The summed E-state index contributed by atoms with van der Waals surface area (Å²) in [5, 5.41) is 2.89. The van der Waals surface area contributed by atoms with E-state index < -0.39 is 34.1 Å². The monoisotopic (exact) mass is 475 g/mol. The number of amides is 2. The minimum atomic E-state index is -3.73. The molecule has 0 heterocycles. The SMILES string of the molecule is COc1ccc(CN(C(=O)CN(c2ccccc2)S(C)(=O)=O)C(C)C(=O)NC(C)(C)C)cc1. The molecule has 1 N–H and O–H groups in total. The van der Waals surface area contributed by atoms with E-state index in [-0.39, 0.29) is 12.5 Å². The minimum Gasteiger partial charge on any atom is -0.497 e. The van der Waals surface area contributed by atoms with E-state index in [0.29, 0.717) is 11.4 Å². The van der Waals surface area contributed by atoms with Gasteiger partial charge in [0.05, 0.1) is 19.1 Å². The van der Waals surface area contributed by atoms with Crippen molar-refractivity contribution in [3.63, 3.8) is 0 Å². The highest BCUT2D eigenvalue weighted by atomic mass is 32.2. The van der Waals surface area contributed by atoms with Crippen molar-refractivity contribution in [3.05, 3.63) is 60.2 Å². The zero-order chi connectivity index (χ0) is 24.8. The topological polar surface area (TPSA) is 96.0 Å². The van der Waals surface area contributed by atoms with E-state index >= 15 is 0 Å². The number of para-hydroxylation sites is 1. The molecule has 8 nitrogen and oxygen atoms in total. The number of benzene rings is 2. The fraction of sp³-hybridized carbons (Fsp3) is 0.417. The van der Waals surface area contributed by atoms with Gasteiger partial charge in [-0.3, -0.25) is 13.9 Å². The van der Waals surface area contributed by atoms with Crippen LogP contribution in [0.15, 0.2) is 54.6 Å². The second kappa shape index (κ2) is 10.7. The molecule has 0 aliphatic carbocycles. The second-order valence-corrected chi connectivity index (χ2v) is 10.8. The first kappa shape index (κ1) is 26.2. The largest absolute Gasteiger partial charge is 0.497 e. The molecular weight excluding hydrogens is 442 g/mol. The number of methoxy groups -OCH3 is 1. The average molecular weight is 476 g/mol. The van der Waals surface area contributed by atoms with Crippen LogP contribution < -0.4 is 14.4 Å². The van der Waals surface area contributed by atoms with Gasteiger partial charge in [-0.2, -0.15) is 0 Å². The van der Waals surface area contributed by atoms with Gasteiger partial charge < -0.3 is 15.0 Å². The van der Waals surface area contributed by atoms with Crippen LogP contribution in [-0.2, 0) is 26.2 Å². The van der Waals surface area contributed by atoms with Crippen molar-refractivity contribution in [3.8, 4) is 5.75 Å². The number of rotatable bonds is 9. The Hall–Kier alpha value is -3.07. The summed E-state index contributed by atoms with van der Waals surface area (Å²) in [6.07, 6.45) is 1.05. The Bertz CT molecular complexity index is 1050. The molecule has 2 amide bonds. The van der Waals surface area contributed by atoms with Crippen molar-refractivity contribution in [2.24, 2.45) is 0 Å². The van der Waals surface area contributed by atoms with Gasteiger partial charge in [0.2, 0.25) is 21.8 Å². The van der Waals surface area contributed by atoms with Gasteiger partial charge in [-0.15, -0.1) is 0 Å². The molecule has 0 bridgehead atoms. The lowest BCUT2D eigenvalue weighted by molar-refractivity contribution is -0.140. The minimum absolute atomic E-state index is 0.133. The molecule has 0 fully saturated rings. The van der Waals surface area contributed by atoms with Crippen LogP contribution >= 0.6 is 0 Å². The van der Waals surface area contributed by atoms with E-state index in [1.807, 2.05) is 20.8 Å². The lowest BCUT2D eigenvalue weighted by Crippen LogP contribution is -2.54. The third kappa shape index (κ3) is 7.78. The van der Waals surface area contributed by atoms with Gasteiger partial charge in [0.1, 0.15) is 18.3 Å². The van der Waals surface area contributed by atoms with E-state index in [0.717, 1.165) is 16.1 Å². The number of nitrogens with one attached hydrogen (secondary N) is 1. The summed E-state index contributed by atoms with van der Waals surface area (Å²) in [5.41, 5.74) is 0.679. The number of carbonyl (C=O) groups excluding carboxylic acids is 2. The van der Waals surface area contributed by atoms with Crippen LogP contribution in [0.2, 0.25) is 0 Å². The Morgan fingerprint density at radius 2 is 1.61 bits per heavy atom.